The van der Waals surface area contributed by atoms with Gasteiger partial charge in [0.1, 0.15) is 0 Å². The van der Waals surface area contributed by atoms with Crippen molar-refractivity contribution in [3.63, 3.8) is 0 Å². The first-order valence-corrected chi connectivity index (χ1v) is 6.66. The second-order valence-electron chi connectivity index (χ2n) is 4.44. The van der Waals surface area contributed by atoms with Crippen LogP contribution in [0.2, 0.25) is 0 Å². The maximum Gasteiger partial charge on any atom is 0.255 e. The van der Waals surface area contributed by atoms with Gasteiger partial charge >= 0.3 is 0 Å². The van der Waals surface area contributed by atoms with Crippen molar-refractivity contribution in [2.45, 2.75) is 13.5 Å². The third kappa shape index (κ3) is 3.79. The second kappa shape index (κ2) is 6.85. The van der Waals surface area contributed by atoms with Crippen LogP contribution in [0.15, 0.2) is 42.5 Å². The summed E-state index contributed by atoms with van der Waals surface area (Å²) in [7, 11) is 0. The smallest absolute Gasteiger partial charge is 0.255 e. The minimum absolute atomic E-state index is 0.167. The summed E-state index contributed by atoms with van der Waals surface area (Å²) in [6.45, 7) is 2.52. The van der Waals surface area contributed by atoms with Crippen molar-refractivity contribution >= 4 is 11.6 Å². The number of benzene rings is 2. The van der Waals surface area contributed by atoms with Gasteiger partial charge in [0.2, 0.25) is 0 Å². The Hall–Kier alpha value is -2.40. The number of hydrogen-bond donors (Lipinski definition) is 2. The topological polar surface area (TPSA) is 64.3 Å². The van der Waals surface area contributed by atoms with Crippen molar-refractivity contribution < 1.29 is 13.9 Å². The fourth-order valence-corrected chi connectivity index (χ4v) is 1.89. The zero-order valence-corrected chi connectivity index (χ0v) is 11.7. The SMILES string of the molecule is CCOc1ccc(NC(=O)c2cccc(CN)c2)cc1F. The van der Waals surface area contributed by atoms with E-state index in [1.54, 1.807) is 31.2 Å². The summed E-state index contributed by atoms with van der Waals surface area (Å²) in [6, 6.07) is 11.3. The van der Waals surface area contributed by atoms with Crippen LogP contribution in [-0.2, 0) is 6.54 Å². The van der Waals surface area contributed by atoms with Gasteiger partial charge in [0.05, 0.1) is 6.61 Å². The normalized spacial score (nSPS) is 10.2. The molecule has 5 heteroatoms. The van der Waals surface area contributed by atoms with Crippen LogP contribution in [0.5, 0.6) is 5.75 Å². The first-order chi connectivity index (χ1) is 10.1. The molecule has 0 saturated carbocycles. The van der Waals surface area contributed by atoms with Crippen molar-refractivity contribution in [1.82, 2.24) is 0 Å². The molecular weight excluding hydrogens is 271 g/mol. The minimum atomic E-state index is -0.509. The first kappa shape index (κ1) is 15.0. The van der Waals surface area contributed by atoms with Gasteiger partial charge in [0.15, 0.2) is 11.6 Å². The Kier molecular flexibility index (Phi) is 4.90. The molecule has 1 amide bonds. The van der Waals surface area contributed by atoms with Crippen LogP contribution < -0.4 is 15.8 Å². The molecule has 0 fully saturated rings. The van der Waals surface area contributed by atoms with Gasteiger partial charge in [-0.05, 0) is 36.8 Å². The van der Waals surface area contributed by atoms with Gasteiger partial charge in [-0.1, -0.05) is 12.1 Å². The van der Waals surface area contributed by atoms with Gasteiger partial charge in [0, 0.05) is 23.9 Å². The molecule has 0 bridgehead atoms. The lowest BCUT2D eigenvalue weighted by atomic mass is 10.1. The predicted molar refractivity (Wildman–Crippen MR) is 79.9 cm³/mol. The number of nitrogens with two attached hydrogens (primary N) is 1. The molecule has 2 rings (SSSR count). The number of anilines is 1. The largest absolute Gasteiger partial charge is 0.491 e. The quantitative estimate of drug-likeness (QED) is 0.889. The van der Waals surface area contributed by atoms with Crippen LogP contribution in [-0.4, -0.2) is 12.5 Å². The highest BCUT2D eigenvalue weighted by Gasteiger charge is 2.09. The molecule has 0 aliphatic rings. The van der Waals surface area contributed by atoms with E-state index in [1.165, 1.54) is 12.1 Å². The zero-order valence-electron chi connectivity index (χ0n) is 11.7. The average Bonchev–Trinajstić information content (AvgIpc) is 2.50. The summed E-state index contributed by atoms with van der Waals surface area (Å²) in [6.07, 6.45) is 0. The summed E-state index contributed by atoms with van der Waals surface area (Å²) in [4.78, 5) is 12.1. The first-order valence-electron chi connectivity index (χ1n) is 6.66. The molecule has 0 unspecified atom stereocenters. The van der Waals surface area contributed by atoms with Crippen molar-refractivity contribution in [1.29, 1.82) is 0 Å². The van der Waals surface area contributed by atoms with Gasteiger partial charge in [-0.3, -0.25) is 4.79 Å². The molecule has 0 aliphatic carbocycles. The highest BCUT2D eigenvalue weighted by atomic mass is 19.1. The Morgan fingerprint density at radius 3 is 2.76 bits per heavy atom. The molecule has 2 aromatic rings. The maximum atomic E-state index is 13.7. The molecule has 4 nitrogen and oxygen atoms in total. The van der Waals surface area contributed by atoms with Crippen LogP contribution in [0.4, 0.5) is 10.1 Å². The average molecular weight is 288 g/mol. The van der Waals surface area contributed by atoms with E-state index >= 15 is 0 Å². The van der Waals surface area contributed by atoms with E-state index in [2.05, 4.69) is 5.32 Å². The number of halogens is 1. The molecule has 0 aromatic heterocycles. The number of amides is 1. The van der Waals surface area contributed by atoms with Crippen molar-refractivity contribution in [2.75, 3.05) is 11.9 Å². The second-order valence-corrected chi connectivity index (χ2v) is 4.44. The Balaban J connectivity index is 2.13. The Morgan fingerprint density at radius 2 is 2.10 bits per heavy atom. The molecule has 3 N–H and O–H groups in total. The summed E-state index contributed by atoms with van der Waals surface area (Å²) >= 11 is 0. The lowest BCUT2D eigenvalue weighted by molar-refractivity contribution is 0.102. The summed E-state index contributed by atoms with van der Waals surface area (Å²) < 4.78 is 18.8. The van der Waals surface area contributed by atoms with E-state index in [-0.39, 0.29) is 11.7 Å². The third-order valence-corrected chi connectivity index (χ3v) is 2.91. The van der Waals surface area contributed by atoms with E-state index in [9.17, 15) is 9.18 Å². The van der Waals surface area contributed by atoms with Gasteiger partial charge in [-0.2, -0.15) is 0 Å². The molecule has 2 aromatic carbocycles. The summed E-state index contributed by atoms with van der Waals surface area (Å²) in [5.41, 5.74) is 7.26. The van der Waals surface area contributed by atoms with Crippen LogP contribution in [0.1, 0.15) is 22.8 Å². The van der Waals surface area contributed by atoms with E-state index in [0.29, 0.717) is 24.4 Å². The zero-order chi connectivity index (χ0) is 15.2. The van der Waals surface area contributed by atoms with Crippen LogP contribution in [0.3, 0.4) is 0 Å². The van der Waals surface area contributed by atoms with E-state index < -0.39 is 5.82 Å². The monoisotopic (exact) mass is 288 g/mol. The lowest BCUT2D eigenvalue weighted by Crippen LogP contribution is -2.12. The standard InChI is InChI=1S/C16H17FN2O2/c1-2-21-15-7-6-13(9-14(15)17)19-16(20)12-5-3-4-11(8-12)10-18/h3-9H,2,10,18H2,1H3,(H,19,20). The van der Waals surface area contributed by atoms with Crippen molar-refractivity contribution in [3.05, 3.63) is 59.4 Å². The van der Waals surface area contributed by atoms with E-state index in [1.807, 2.05) is 6.07 Å². The van der Waals surface area contributed by atoms with E-state index in [0.717, 1.165) is 5.56 Å². The minimum Gasteiger partial charge on any atom is -0.491 e. The fourth-order valence-electron chi connectivity index (χ4n) is 1.89. The molecule has 0 radical (unpaired) electrons. The molecule has 0 heterocycles. The van der Waals surface area contributed by atoms with Gasteiger partial charge < -0.3 is 15.8 Å². The summed E-state index contributed by atoms with van der Waals surface area (Å²) in [5, 5.41) is 2.64. The number of rotatable bonds is 5. The molecule has 0 aliphatic heterocycles. The molecule has 110 valence electrons. The van der Waals surface area contributed by atoms with Crippen LogP contribution >= 0.6 is 0 Å². The van der Waals surface area contributed by atoms with Gasteiger partial charge in [0.25, 0.3) is 5.91 Å². The van der Waals surface area contributed by atoms with Crippen LogP contribution in [0, 0.1) is 5.82 Å². The number of carbonyl (C=O) groups excluding carboxylic acids is 1. The molecule has 0 atom stereocenters. The Labute approximate surface area is 122 Å². The maximum absolute atomic E-state index is 13.7. The van der Waals surface area contributed by atoms with Gasteiger partial charge in [-0.25, -0.2) is 4.39 Å². The molecular formula is C16H17FN2O2. The number of hydrogen-bond acceptors (Lipinski definition) is 3. The Morgan fingerprint density at radius 1 is 1.29 bits per heavy atom. The number of carbonyl (C=O) groups is 1. The van der Waals surface area contributed by atoms with Gasteiger partial charge in [-0.15, -0.1) is 0 Å². The predicted octanol–water partition coefficient (Wildman–Crippen LogP) is 2.94. The highest BCUT2D eigenvalue weighted by molar-refractivity contribution is 6.04. The number of nitrogens with one attached hydrogen (secondary N) is 1. The fraction of sp³-hybridized carbons (Fsp3) is 0.188. The van der Waals surface area contributed by atoms with Crippen LogP contribution in [0.25, 0.3) is 0 Å². The highest BCUT2D eigenvalue weighted by Crippen LogP contribution is 2.21. The number of ether oxygens (including phenoxy) is 1. The lowest BCUT2D eigenvalue weighted by Gasteiger charge is -2.09. The molecule has 21 heavy (non-hydrogen) atoms. The Bertz CT molecular complexity index is 644. The van der Waals surface area contributed by atoms with Crippen molar-refractivity contribution in [2.24, 2.45) is 5.73 Å². The van der Waals surface area contributed by atoms with E-state index in [4.69, 9.17) is 10.5 Å². The van der Waals surface area contributed by atoms with Crippen molar-refractivity contribution in [3.8, 4) is 5.75 Å². The molecule has 0 saturated heterocycles. The summed E-state index contributed by atoms with van der Waals surface area (Å²) in [5.74, 6) is -0.653. The third-order valence-electron chi connectivity index (χ3n) is 2.91. The molecule has 0 spiro atoms.